The largest absolute Gasteiger partial charge is 0.332 e. The van der Waals surface area contributed by atoms with Crippen molar-refractivity contribution in [3.05, 3.63) is 68.5 Å². The molecule has 1 amide bonds. The number of carbonyl (C=O) groups is 1. The summed E-state index contributed by atoms with van der Waals surface area (Å²) in [6.45, 7) is 6.20. The number of hydrogen-bond acceptors (Lipinski definition) is 4. The van der Waals surface area contributed by atoms with E-state index in [1.165, 1.54) is 30.8 Å². The van der Waals surface area contributed by atoms with E-state index in [0.717, 1.165) is 10.1 Å². The highest BCUT2D eigenvalue weighted by Crippen LogP contribution is 2.29. The fourth-order valence-electron chi connectivity index (χ4n) is 3.01. The predicted molar refractivity (Wildman–Crippen MR) is 105 cm³/mol. The molecule has 1 N–H and O–H groups in total. The maximum Gasteiger partial charge on any atom is 0.332 e. The number of pyridine rings is 1. The summed E-state index contributed by atoms with van der Waals surface area (Å²) in [4.78, 5) is 41.4. The van der Waals surface area contributed by atoms with Gasteiger partial charge in [-0.15, -0.1) is 0 Å². The first-order chi connectivity index (χ1) is 12.6. The molecule has 0 atom stereocenters. The molecule has 0 saturated carbocycles. The third-order valence-corrected chi connectivity index (χ3v) is 4.52. The molecule has 140 valence electrons. The van der Waals surface area contributed by atoms with Crippen molar-refractivity contribution in [1.82, 2.24) is 14.1 Å². The Kier molecular flexibility index (Phi) is 4.47. The average Bonchev–Trinajstić information content (AvgIpc) is 2.63. The van der Waals surface area contributed by atoms with E-state index in [9.17, 15) is 14.4 Å². The zero-order valence-electron chi connectivity index (χ0n) is 16.0. The second-order valence-corrected chi connectivity index (χ2v) is 7.52. The monoisotopic (exact) mass is 366 g/mol. The van der Waals surface area contributed by atoms with Crippen molar-refractivity contribution < 1.29 is 4.79 Å². The number of carbonyl (C=O) groups excluding carboxylic acids is 1. The van der Waals surface area contributed by atoms with E-state index in [-0.39, 0.29) is 22.1 Å². The molecule has 27 heavy (non-hydrogen) atoms. The second-order valence-electron chi connectivity index (χ2n) is 7.52. The van der Waals surface area contributed by atoms with Crippen molar-refractivity contribution in [2.45, 2.75) is 26.2 Å². The van der Waals surface area contributed by atoms with Gasteiger partial charge in [0.05, 0.1) is 5.39 Å². The topological polar surface area (TPSA) is 86.0 Å². The molecule has 0 aliphatic carbocycles. The normalized spacial score (nSPS) is 11.6. The molecule has 7 heteroatoms. The van der Waals surface area contributed by atoms with Crippen molar-refractivity contribution in [1.29, 1.82) is 0 Å². The van der Waals surface area contributed by atoms with Gasteiger partial charge in [0.25, 0.3) is 11.5 Å². The zero-order valence-corrected chi connectivity index (χ0v) is 16.0. The van der Waals surface area contributed by atoms with E-state index in [4.69, 9.17) is 0 Å². The van der Waals surface area contributed by atoms with Crippen LogP contribution in [0.25, 0.3) is 11.0 Å². The van der Waals surface area contributed by atoms with Gasteiger partial charge < -0.3 is 5.32 Å². The number of fused-ring (bicyclic) bond motifs is 1. The lowest BCUT2D eigenvalue weighted by Gasteiger charge is -2.22. The van der Waals surface area contributed by atoms with Crippen molar-refractivity contribution in [3.8, 4) is 0 Å². The molecule has 0 aliphatic heterocycles. The van der Waals surface area contributed by atoms with E-state index in [1.807, 2.05) is 24.3 Å². The van der Waals surface area contributed by atoms with Crippen LogP contribution in [0, 0.1) is 0 Å². The standard InChI is InChI=1S/C20H22N4O3/c1-20(2,3)13-8-6-7-9-14(13)22-17(25)15-11-10-12-16(21-15)23(4)19(27)24(5)18(12)26/h6-11H,1-5H3,(H,22,25). The van der Waals surface area contributed by atoms with Gasteiger partial charge in [0.2, 0.25) is 0 Å². The predicted octanol–water partition coefficient (Wildman–Crippen LogP) is 2.18. The van der Waals surface area contributed by atoms with Crippen molar-refractivity contribution >= 4 is 22.6 Å². The second kappa shape index (κ2) is 6.50. The third kappa shape index (κ3) is 3.28. The summed E-state index contributed by atoms with van der Waals surface area (Å²) in [6, 6.07) is 10.6. The average molecular weight is 366 g/mol. The third-order valence-electron chi connectivity index (χ3n) is 4.52. The summed E-state index contributed by atoms with van der Waals surface area (Å²) in [5.74, 6) is -0.401. The molecule has 7 nitrogen and oxygen atoms in total. The minimum atomic E-state index is -0.490. The van der Waals surface area contributed by atoms with E-state index >= 15 is 0 Å². The van der Waals surface area contributed by atoms with Gasteiger partial charge in [-0.25, -0.2) is 9.78 Å². The Morgan fingerprint density at radius 1 is 1.00 bits per heavy atom. The first-order valence-electron chi connectivity index (χ1n) is 8.59. The van der Waals surface area contributed by atoms with Gasteiger partial charge in [-0.1, -0.05) is 39.0 Å². The molecule has 1 aromatic carbocycles. The molecule has 0 saturated heterocycles. The van der Waals surface area contributed by atoms with Crippen molar-refractivity contribution in [3.63, 3.8) is 0 Å². The number of anilines is 1. The highest BCUT2D eigenvalue weighted by atomic mass is 16.2. The van der Waals surface area contributed by atoms with Crippen molar-refractivity contribution in [2.24, 2.45) is 14.1 Å². The van der Waals surface area contributed by atoms with Crippen LogP contribution in [0.5, 0.6) is 0 Å². The molecule has 0 bridgehead atoms. The first kappa shape index (κ1) is 18.6. The van der Waals surface area contributed by atoms with Gasteiger partial charge in [-0.3, -0.25) is 18.7 Å². The molecule has 0 spiro atoms. The Balaban J connectivity index is 2.06. The van der Waals surface area contributed by atoms with Crippen LogP contribution >= 0.6 is 0 Å². The summed E-state index contributed by atoms with van der Waals surface area (Å²) in [5.41, 5.74) is 0.947. The fraction of sp³-hybridized carbons (Fsp3) is 0.300. The molecule has 0 radical (unpaired) electrons. The van der Waals surface area contributed by atoms with Crippen LogP contribution in [-0.2, 0) is 19.5 Å². The number of para-hydroxylation sites is 1. The molecule has 3 aromatic rings. The van der Waals surface area contributed by atoms with Gasteiger partial charge in [0, 0.05) is 19.8 Å². The molecule has 2 aromatic heterocycles. The molecule has 2 heterocycles. The van der Waals surface area contributed by atoms with E-state index in [1.54, 1.807) is 0 Å². The Morgan fingerprint density at radius 3 is 2.33 bits per heavy atom. The van der Waals surface area contributed by atoms with Gasteiger partial charge in [-0.2, -0.15) is 0 Å². The molecule has 0 unspecified atom stereocenters. The number of hydrogen-bond donors (Lipinski definition) is 1. The summed E-state index contributed by atoms with van der Waals surface area (Å²) in [5, 5.41) is 3.17. The molecular formula is C20H22N4O3. The quantitative estimate of drug-likeness (QED) is 0.753. The number of aryl methyl sites for hydroxylation is 1. The molecule has 0 fully saturated rings. The van der Waals surface area contributed by atoms with Crippen LogP contribution in [0.3, 0.4) is 0 Å². The van der Waals surface area contributed by atoms with Crippen molar-refractivity contribution in [2.75, 3.05) is 5.32 Å². The van der Waals surface area contributed by atoms with Crippen LogP contribution < -0.4 is 16.6 Å². The Hall–Kier alpha value is -3.22. The minimum Gasteiger partial charge on any atom is -0.320 e. The lowest BCUT2D eigenvalue weighted by molar-refractivity contribution is 0.102. The van der Waals surface area contributed by atoms with Crippen LogP contribution in [0.4, 0.5) is 5.69 Å². The fourth-order valence-corrected chi connectivity index (χ4v) is 3.01. The first-order valence-corrected chi connectivity index (χ1v) is 8.59. The van der Waals surface area contributed by atoms with Crippen LogP contribution in [0.2, 0.25) is 0 Å². The van der Waals surface area contributed by atoms with Gasteiger partial charge in [-0.05, 0) is 29.2 Å². The van der Waals surface area contributed by atoms with Crippen LogP contribution in [0.1, 0.15) is 36.8 Å². The highest BCUT2D eigenvalue weighted by molar-refractivity contribution is 6.04. The van der Waals surface area contributed by atoms with E-state index < -0.39 is 17.2 Å². The SMILES string of the molecule is Cn1c(=O)c2ccc(C(=O)Nc3ccccc3C(C)(C)C)nc2n(C)c1=O. The number of rotatable bonds is 2. The maximum atomic E-state index is 12.7. The zero-order chi connectivity index (χ0) is 19.9. The van der Waals surface area contributed by atoms with E-state index in [0.29, 0.717) is 5.69 Å². The number of aromatic nitrogens is 3. The molecule has 0 aliphatic rings. The lowest BCUT2D eigenvalue weighted by Crippen LogP contribution is -2.37. The Morgan fingerprint density at radius 2 is 1.67 bits per heavy atom. The number of amides is 1. The van der Waals surface area contributed by atoms with Crippen LogP contribution in [0.15, 0.2) is 46.0 Å². The van der Waals surface area contributed by atoms with E-state index in [2.05, 4.69) is 31.1 Å². The number of nitrogens with one attached hydrogen (secondary N) is 1. The Labute approximate surface area is 156 Å². The molecule has 3 rings (SSSR count). The molecular weight excluding hydrogens is 344 g/mol. The number of nitrogens with zero attached hydrogens (tertiary/aromatic N) is 3. The summed E-state index contributed by atoms with van der Waals surface area (Å²) in [7, 11) is 2.93. The Bertz CT molecular complexity index is 1170. The van der Waals surface area contributed by atoms with Gasteiger partial charge in [0.1, 0.15) is 11.3 Å². The highest BCUT2D eigenvalue weighted by Gasteiger charge is 2.20. The summed E-state index contributed by atoms with van der Waals surface area (Å²) >= 11 is 0. The van der Waals surface area contributed by atoms with Crippen LogP contribution in [-0.4, -0.2) is 20.0 Å². The van der Waals surface area contributed by atoms with Gasteiger partial charge in [0.15, 0.2) is 0 Å². The smallest absolute Gasteiger partial charge is 0.320 e. The lowest BCUT2D eigenvalue weighted by atomic mass is 9.86. The summed E-state index contributed by atoms with van der Waals surface area (Å²) in [6.07, 6.45) is 0. The number of benzene rings is 1. The van der Waals surface area contributed by atoms with Gasteiger partial charge >= 0.3 is 5.69 Å². The minimum absolute atomic E-state index is 0.134. The summed E-state index contributed by atoms with van der Waals surface area (Å²) < 4.78 is 2.28. The maximum absolute atomic E-state index is 12.7.